The molecule has 1 saturated heterocycles. The number of amides is 1. The Hall–Kier alpha value is -4.45. The number of rotatable bonds is 8. The van der Waals surface area contributed by atoms with Crippen LogP contribution in [0.5, 0.6) is 5.75 Å². The van der Waals surface area contributed by atoms with Crippen LogP contribution < -0.4 is 9.64 Å². The van der Waals surface area contributed by atoms with Gasteiger partial charge < -0.3 is 28.7 Å². The predicted octanol–water partition coefficient (Wildman–Crippen LogP) is 5.10. The molecule has 2 aromatic carbocycles. The molecule has 1 aliphatic rings. The van der Waals surface area contributed by atoms with E-state index in [0.717, 1.165) is 35.1 Å². The normalized spacial score (nSPS) is 15.2. The molecule has 2 aromatic heterocycles. The number of carbonyl (C=O) groups is 2. The average molecular weight is 605 g/mol. The fraction of sp³-hybridized carbons (Fsp3) is 0.469. The van der Waals surface area contributed by atoms with Crippen molar-refractivity contribution in [2.45, 2.75) is 52.7 Å². The van der Waals surface area contributed by atoms with Gasteiger partial charge in [0.15, 0.2) is 18.3 Å². The van der Waals surface area contributed by atoms with Gasteiger partial charge in [-0.3, -0.25) is 4.68 Å². The van der Waals surface area contributed by atoms with Gasteiger partial charge in [-0.05, 0) is 65.3 Å². The number of fused-ring (bicyclic) bond motifs is 2. The van der Waals surface area contributed by atoms with Gasteiger partial charge in [-0.1, -0.05) is 0 Å². The number of carbonyl (C=O) groups excluding carboxylic acids is 2. The maximum absolute atomic E-state index is 13.3. The third-order valence-corrected chi connectivity index (χ3v) is 7.57. The second-order valence-electron chi connectivity index (χ2n) is 12.0. The number of ether oxygens (including phenoxy) is 4. The van der Waals surface area contributed by atoms with E-state index in [1.807, 2.05) is 65.2 Å². The summed E-state index contributed by atoms with van der Waals surface area (Å²) in [5.41, 5.74) is 3.30. The largest absolute Gasteiger partial charge is 0.466 e. The van der Waals surface area contributed by atoms with E-state index < -0.39 is 11.6 Å². The highest BCUT2D eigenvalue weighted by molar-refractivity contribution is 6.03. The Morgan fingerprint density at radius 1 is 1.16 bits per heavy atom. The smallest absolute Gasteiger partial charge is 0.410 e. The lowest BCUT2D eigenvalue weighted by Gasteiger charge is -2.29. The summed E-state index contributed by atoms with van der Waals surface area (Å²) in [4.78, 5) is 39.5. The lowest BCUT2D eigenvalue weighted by molar-refractivity contribution is 0.0237. The minimum atomic E-state index is -0.566. The zero-order valence-electron chi connectivity index (χ0n) is 26.6. The van der Waals surface area contributed by atoms with Gasteiger partial charge in [-0.15, -0.1) is 0 Å². The van der Waals surface area contributed by atoms with E-state index in [1.165, 1.54) is 0 Å². The zero-order chi connectivity index (χ0) is 31.8. The van der Waals surface area contributed by atoms with Gasteiger partial charge in [-0.25, -0.2) is 19.6 Å². The van der Waals surface area contributed by atoms with Crippen LogP contribution in [-0.4, -0.2) is 89.0 Å². The quantitative estimate of drug-likeness (QED) is 0.198. The Kier molecular flexibility index (Phi) is 8.64. The van der Waals surface area contributed by atoms with Gasteiger partial charge in [0, 0.05) is 62.5 Å². The molecule has 1 unspecified atom stereocenters. The van der Waals surface area contributed by atoms with Crippen molar-refractivity contribution in [2.75, 3.05) is 45.5 Å². The first-order valence-corrected chi connectivity index (χ1v) is 14.7. The van der Waals surface area contributed by atoms with Gasteiger partial charge in [0.1, 0.15) is 11.4 Å². The van der Waals surface area contributed by atoms with Crippen molar-refractivity contribution in [3.8, 4) is 17.1 Å². The first-order valence-electron chi connectivity index (χ1n) is 14.7. The van der Waals surface area contributed by atoms with Crippen LogP contribution in [0.4, 0.5) is 10.5 Å². The maximum Gasteiger partial charge on any atom is 0.410 e. The SMILES string of the molecule is CCOC(=O)c1nc(-c2cc3cn(C)nc3c(C)c2OCOC)nc2ccc(N3CCC(N(C)C(=O)OC(C)(C)C)C3)cc12. The molecule has 44 heavy (non-hydrogen) atoms. The molecule has 12 nitrogen and oxygen atoms in total. The highest BCUT2D eigenvalue weighted by atomic mass is 16.7. The lowest BCUT2D eigenvalue weighted by atomic mass is 10.0. The molecule has 1 aliphatic heterocycles. The molecule has 0 aliphatic carbocycles. The molecular formula is C32H40N6O6. The molecule has 1 atom stereocenters. The molecule has 234 valence electrons. The topological polar surface area (TPSA) is 121 Å². The van der Waals surface area contributed by atoms with Crippen molar-refractivity contribution in [1.82, 2.24) is 24.6 Å². The van der Waals surface area contributed by atoms with Crippen LogP contribution in [0.25, 0.3) is 33.2 Å². The van der Waals surface area contributed by atoms with Crippen LogP contribution in [0.1, 0.15) is 50.2 Å². The summed E-state index contributed by atoms with van der Waals surface area (Å²) in [7, 11) is 5.18. The second-order valence-corrected chi connectivity index (χ2v) is 12.0. The minimum absolute atomic E-state index is 0.0140. The van der Waals surface area contributed by atoms with Crippen LogP contribution in [0.2, 0.25) is 0 Å². The number of nitrogens with zero attached hydrogens (tertiary/aromatic N) is 6. The monoisotopic (exact) mass is 604 g/mol. The number of esters is 1. The van der Waals surface area contributed by atoms with Crippen LogP contribution in [0, 0.1) is 6.92 Å². The zero-order valence-corrected chi connectivity index (χ0v) is 26.6. The van der Waals surface area contributed by atoms with E-state index in [4.69, 9.17) is 28.9 Å². The molecule has 5 rings (SSSR count). The van der Waals surface area contributed by atoms with Crippen molar-refractivity contribution in [3.63, 3.8) is 0 Å². The van der Waals surface area contributed by atoms with E-state index in [2.05, 4.69) is 10.00 Å². The van der Waals surface area contributed by atoms with E-state index in [0.29, 0.717) is 34.6 Å². The third-order valence-electron chi connectivity index (χ3n) is 7.57. The minimum Gasteiger partial charge on any atom is -0.466 e. The van der Waals surface area contributed by atoms with Gasteiger partial charge in [0.2, 0.25) is 0 Å². The standard InChI is InChI=1S/C32H40N6O6/c1-9-42-30(39)27-23-15-21(38-13-12-22(17-38)37(7)31(40)44-32(3,4)5)10-11-25(23)33-29(34-27)24-14-20-16-36(6)35-26(20)19(2)28(24)43-18-41-8/h10-11,14-16,22H,9,12-13,17-18H2,1-8H3. The average Bonchev–Trinajstić information content (AvgIpc) is 3.61. The summed E-state index contributed by atoms with van der Waals surface area (Å²) >= 11 is 0. The Balaban J connectivity index is 1.54. The molecule has 0 radical (unpaired) electrons. The molecule has 4 aromatic rings. The fourth-order valence-corrected chi connectivity index (χ4v) is 5.47. The Bertz CT molecular complexity index is 1710. The fourth-order valence-electron chi connectivity index (χ4n) is 5.47. The Labute approximate surface area is 256 Å². The highest BCUT2D eigenvalue weighted by Gasteiger charge is 2.32. The van der Waals surface area contributed by atoms with E-state index in [1.54, 1.807) is 30.7 Å². The van der Waals surface area contributed by atoms with Gasteiger partial charge >= 0.3 is 12.1 Å². The molecule has 0 N–H and O–H groups in total. The number of anilines is 1. The summed E-state index contributed by atoms with van der Waals surface area (Å²) in [6.45, 7) is 10.8. The summed E-state index contributed by atoms with van der Waals surface area (Å²) in [5, 5.41) is 6.04. The molecule has 12 heteroatoms. The number of benzene rings is 2. The van der Waals surface area contributed by atoms with E-state index >= 15 is 0 Å². The molecule has 1 amide bonds. The van der Waals surface area contributed by atoms with E-state index in [-0.39, 0.29) is 31.2 Å². The molecular weight excluding hydrogens is 564 g/mol. The Morgan fingerprint density at radius 2 is 1.93 bits per heavy atom. The van der Waals surface area contributed by atoms with Crippen LogP contribution in [0.3, 0.4) is 0 Å². The number of hydrogen-bond donors (Lipinski definition) is 0. The number of methoxy groups -OCH3 is 1. The highest BCUT2D eigenvalue weighted by Crippen LogP contribution is 2.38. The first-order chi connectivity index (χ1) is 20.9. The second kappa shape index (κ2) is 12.3. The van der Waals surface area contributed by atoms with Crippen molar-refractivity contribution >= 4 is 39.6 Å². The number of aryl methyl sites for hydroxylation is 2. The number of likely N-dealkylation sites (N-methyl/N-ethyl adjacent to an activating group) is 1. The van der Waals surface area contributed by atoms with Crippen molar-refractivity contribution in [2.24, 2.45) is 7.05 Å². The van der Waals surface area contributed by atoms with Crippen LogP contribution in [-0.2, 0) is 21.3 Å². The number of hydrogen-bond acceptors (Lipinski definition) is 10. The van der Waals surface area contributed by atoms with Crippen LogP contribution >= 0.6 is 0 Å². The number of aromatic nitrogens is 4. The Morgan fingerprint density at radius 3 is 2.64 bits per heavy atom. The summed E-state index contributed by atoms with van der Waals surface area (Å²) in [6, 6.07) is 7.67. The summed E-state index contributed by atoms with van der Waals surface area (Å²) in [6.07, 6.45) is 2.35. The molecule has 0 spiro atoms. The lowest BCUT2D eigenvalue weighted by Crippen LogP contribution is -2.42. The molecule has 1 fully saturated rings. The van der Waals surface area contributed by atoms with E-state index in [9.17, 15) is 9.59 Å². The van der Waals surface area contributed by atoms with Crippen molar-refractivity contribution in [3.05, 3.63) is 41.7 Å². The predicted molar refractivity (Wildman–Crippen MR) is 167 cm³/mol. The van der Waals surface area contributed by atoms with Crippen LogP contribution in [0.15, 0.2) is 30.5 Å². The van der Waals surface area contributed by atoms with Gasteiger partial charge in [0.25, 0.3) is 0 Å². The maximum atomic E-state index is 13.3. The molecule has 0 bridgehead atoms. The van der Waals surface area contributed by atoms with Crippen molar-refractivity contribution < 1.29 is 28.5 Å². The summed E-state index contributed by atoms with van der Waals surface area (Å²) < 4.78 is 23.9. The molecule has 0 saturated carbocycles. The van der Waals surface area contributed by atoms with Gasteiger partial charge in [0.05, 0.1) is 29.2 Å². The third kappa shape index (κ3) is 6.26. The summed E-state index contributed by atoms with van der Waals surface area (Å²) in [5.74, 6) is 0.315. The van der Waals surface area contributed by atoms with Crippen molar-refractivity contribution in [1.29, 1.82) is 0 Å². The first kappa shape index (κ1) is 31.0. The van der Waals surface area contributed by atoms with Gasteiger partial charge in [-0.2, -0.15) is 5.10 Å². The molecule has 3 heterocycles.